The second-order valence-corrected chi connectivity index (χ2v) is 3.41. The smallest absolute Gasteiger partial charge is 0.173 e. The number of rotatable bonds is 3. The van der Waals surface area contributed by atoms with Crippen LogP contribution < -0.4 is 0 Å². The highest BCUT2D eigenvalue weighted by Gasteiger charge is 1.99. The summed E-state index contributed by atoms with van der Waals surface area (Å²) in [5, 5.41) is 26.3. The quantitative estimate of drug-likeness (QED) is 0.627. The van der Waals surface area contributed by atoms with Crippen LogP contribution in [-0.4, -0.2) is 15.2 Å². The third-order valence-electron chi connectivity index (χ3n) is 2.12. The van der Waals surface area contributed by atoms with E-state index in [2.05, 4.69) is 15.2 Å². The molecule has 1 aromatic carbocycles. The summed E-state index contributed by atoms with van der Waals surface area (Å²) < 4.78 is 0. The van der Waals surface area contributed by atoms with Crippen LogP contribution in [0.4, 0.5) is 5.82 Å². The van der Waals surface area contributed by atoms with Gasteiger partial charge in [-0.2, -0.15) is 5.11 Å². The third kappa shape index (κ3) is 3.01. The molecule has 1 aromatic heterocycles. The van der Waals surface area contributed by atoms with E-state index >= 15 is 0 Å². The Labute approximate surface area is 98.1 Å². The summed E-state index contributed by atoms with van der Waals surface area (Å²) in [4.78, 5) is 3.99. The number of nitrogens with zero attached hydrogens (tertiary/aromatic N) is 3. The molecule has 17 heavy (non-hydrogen) atoms. The summed E-state index contributed by atoms with van der Waals surface area (Å²) in [7, 11) is 0. The minimum Gasteiger partial charge on any atom is -0.504 e. The number of hydrogen-bond donors (Lipinski definition) is 2. The predicted octanol–water partition coefficient (Wildman–Crippen LogP) is 2.78. The Morgan fingerprint density at radius 3 is 2.65 bits per heavy atom. The zero-order chi connectivity index (χ0) is 12.1. The third-order valence-corrected chi connectivity index (χ3v) is 2.12. The fraction of sp³-hybridized carbons (Fsp3) is 0.0833. The number of phenolic OH excluding ortho intramolecular Hbond substituents is 2. The molecular weight excluding hydrogens is 218 g/mol. The second-order valence-electron chi connectivity index (χ2n) is 3.41. The van der Waals surface area contributed by atoms with Gasteiger partial charge in [0.1, 0.15) is 0 Å². The van der Waals surface area contributed by atoms with Crippen molar-refractivity contribution in [2.45, 2.75) is 6.54 Å². The highest BCUT2D eigenvalue weighted by atomic mass is 16.3. The van der Waals surface area contributed by atoms with E-state index < -0.39 is 0 Å². The molecule has 0 aliphatic rings. The largest absolute Gasteiger partial charge is 0.504 e. The van der Waals surface area contributed by atoms with Crippen LogP contribution >= 0.6 is 0 Å². The fourth-order valence-corrected chi connectivity index (χ4v) is 1.27. The fourth-order valence-electron chi connectivity index (χ4n) is 1.27. The van der Waals surface area contributed by atoms with Crippen molar-refractivity contribution >= 4 is 5.82 Å². The molecule has 5 nitrogen and oxygen atoms in total. The summed E-state index contributed by atoms with van der Waals surface area (Å²) >= 11 is 0. The van der Waals surface area contributed by atoms with E-state index in [1.807, 2.05) is 6.07 Å². The SMILES string of the molecule is Oc1ccc(CN=Nc2ccccn2)cc1O. The summed E-state index contributed by atoms with van der Waals surface area (Å²) in [6.45, 7) is 0.324. The first-order chi connectivity index (χ1) is 8.25. The Hall–Kier alpha value is -2.43. The molecule has 0 saturated heterocycles. The van der Waals surface area contributed by atoms with Crippen LogP contribution in [0.25, 0.3) is 0 Å². The van der Waals surface area contributed by atoms with Gasteiger partial charge in [0.25, 0.3) is 0 Å². The molecule has 0 unspecified atom stereocenters. The van der Waals surface area contributed by atoms with Gasteiger partial charge in [-0.25, -0.2) is 4.98 Å². The number of aromatic hydroxyl groups is 2. The highest BCUT2D eigenvalue weighted by Crippen LogP contribution is 2.25. The molecule has 1 heterocycles. The van der Waals surface area contributed by atoms with Crippen LogP contribution in [0.5, 0.6) is 11.5 Å². The lowest BCUT2D eigenvalue weighted by atomic mass is 10.2. The van der Waals surface area contributed by atoms with Gasteiger partial charge in [-0.05, 0) is 29.8 Å². The molecule has 0 aliphatic heterocycles. The topological polar surface area (TPSA) is 78.1 Å². The van der Waals surface area contributed by atoms with Gasteiger partial charge in [0.05, 0.1) is 6.54 Å². The lowest BCUT2D eigenvalue weighted by Crippen LogP contribution is -1.80. The molecule has 0 saturated carbocycles. The van der Waals surface area contributed by atoms with Crippen LogP contribution in [0.15, 0.2) is 52.8 Å². The van der Waals surface area contributed by atoms with Crippen molar-refractivity contribution in [1.82, 2.24) is 4.98 Å². The van der Waals surface area contributed by atoms with E-state index in [1.165, 1.54) is 12.1 Å². The maximum absolute atomic E-state index is 9.28. The molecule has 0 fully saturated rings. The van der Waals surface area contributed by atoms with Crippen molar-refractivity contribution in [3.05, 3.63) is 48.2 Å². The molecule has 0 amide bonds. The molecule has 5 heteroatoms. The molecule has 0 radical (unpaired) electrons. The lowest BCUT2D eigenvalue weighted by Gasteiger charge is -1.99. The van der Waals surface area contributed by atoms with Crippen molar-refractivity contribution in [3.8, 4) is 11.5 Å². The Balaban J connectivity index is 2.03. The number of pyridine rings is 1. The van der Waals surface area contributed by atoms with Crippen LogP contribution in [0, 0.1) is 0 Å². The monoisotopic (exact) mass is 229 g/mol. The van der Waals surface area contributed by atoms with Gasteiger partial charge in [0, 0.05) is 6.20 Å². The minimum atomic E-state index is -0.157. The van der Waals surface area contributed by atoms with Gasteiger partial charge in [0.15, 0.2) is 17.3 Å². The number of phenols is 2. The van der Waals surface area contributed by atoms with E-state index in [0.29, 0.717) is 12.4 Å². The molecule has 2 rings (SSSR count). The summed E-state index contributed by atoms with van der Waals surface area (Å²) in [6.07, 6.45) is 1.64. The first-order valence-electron chi connectivity index (χ1n) is 5.05. The molecule has 2 aromatic rings. The lowest BCUT2D eigenvalue weighted by molar-refractivity contribution is 0.403. The molecule has 0 bridgehead atoms. The van der Waals surface area contributed by atoms with E-state index in [-0.39, 0.29) is 11.5 Å². The Morgan fingerprint density at radius 1 is 1.06 bits per heavy atom. The first kappa shape index (κ1) is 11.1. The number of benzene rings is 1. The van der Waals surface area contributed by atoms with E-state index in [9.17, 15) is 5.11 Å². The summed E-state index contributed by atoms with van der Waals surface area (Å²) in [6, 6.07) is 9.92. The van der Waals surface area contributed by atoms with Crippen LogP contribution in [0.1, 0.15) is 5.56 Å². The van der Waals surface area contributed by atoms with Crippen molar-refractivity contribution in [3.63, 3.8) is 0 Å². The van der Waals surface area contributed by atoms with Gasteiger partial charge < -0.3 is 10.2 Å². The maximum atomic E-state index is 9.28. The Kier molecular flexibility index (Phi) is 3.30. The van der Waals surface area contributed by atoms with Crippen LogP contribution in [0.3, 0.4) is 0 Å². The molecular formula is C12H11N3O2. The molecule has 0 aliphatic carbocycles. The van der Waals surface area contributed by atoms with Gasteiger partial charge in [0.2, 0.25) is 0 Å². The number of aromatic nitrogens is 1. The molecule has 2 N–H and O–H groups in total. The minimum absolute atomic E-state index is 0.143. The van der Waals surface area contributed by atoms with Gasteiger partial charge in [-0.1, -0.05) is 12.1 Å². The zero-order valence-corrected chi connectivity index (χ0v) is 8.98. The van der Waals surface area contributed by atoms with E-state index in [1.54, 1.807) is 24.4 Å². The summed E-state index contributed by atoms with van der Waals surface area (Å²) in [5.74, 6) is 0.237. The predicted molar refractivity (Wildman–Crippen MR) is 62.2 cm³/mol. The normalized spacial score (nSPS) is 10.8. The first-order valence-corrected chi connectivity index (χ1v) is 5.05. The Morgan fingerprint density at radius 2 is 1.94 bits per heavy atom. The molecule has 0 atom stereocenters. The molecule has 86 valence electrons. The zero-order valence-electron chi connectivity index (χ0n) is 8.98. The van der Waals surface area contributed by atoms with Crippen molar-refractivity contribution in [2.24, 2.45) is 10.2 Å². The highest BCUT2D eigenvalue weighted by molar-refractivity contribution is 5.40. The van der Waals surface area contributed by atoms with Crippen molar-refractivity contribution in [1.29, 1.82) is 0 Å². The molecule has 0 spiro atoms. The van der Waals surface area contributed by atoms with E-state index in [0.717, 1.165) is 5.56 Å². The standard InChI is InChI=1S/C12H11N3O2/c16-10-5-4-9(7-11(10)17)8-14-15-12-3-1-2-6-13-12/h1-7,16-17H,8H2. The van der Waals surface area contributed by atoms with E-state index in [4.69, 9.17) is 5.11 Å². The van der Waals surface area contributed by atoms with Gasteiger partial charge in [-0.3, -0.25) is 0 Å². The van der Waals surface area contributed by atoms with Crippen LogP contribution in [-0.2, 0) is 6.54 Å². The van der Waals surface area contributed by atoms with Crippen LogP contribution in [0.2, 0.25) is 0 Å². The van der Waals surface area contributed by atoms with Gasteiger partial charge >= 0.3 is 0 Å². The average Bonchev–Trinajstić information content (AvgIpc) is 2.35. The second kappa shape index (κ2) is 5.07. The van der Waals surface area contributed by atoms with Crippen molar-refractivity contribution < 1.29 is 10.2 Å². The number of azo groups is 1. The summed E-state index contributed by atoms with van der Waals surface area (Å²) in [5.41, 5.74) is 0.764. The average molecular weight is 229 g/mol. The van der Waals surface area contributed by atoms with Crippen molar-refractivity contribution in [2.75, 3.05) is 0 Å². The van der Waals surface area contributed by atoms with Gasteiger partial charge in [-0.15, -0.1) is 5.11 Å². The maximum Gasteiger partial charge on any atom is 0.173 e. The number of hydrogen-bond acceptors (Lipinski definition) is 5. The Bertz CT molecular complexity index is 527.